The molecule has 0 saturated carbocycles. The number of ether oxygens (including phenoxy) is 2. The molecule has 3 rings (SSSR count). The highest BCUT2D eigenvalue weighted by molar-refractivity contribution is 5.90. The Balaban J connectivity index is 1.39. The van der Waals surface area contributed by atoms with Gasteiger partial charge in [-0.25, -0.2) is 9.59 Å². The van der Waals surface area contributed by atoms with Gasteiger partial charge >= 0.3 is 18.3 Å². The minimum atomic E-state index is -4.47. The lowest BCUT2D eigenvalue weighted by Gasteiger charge is -2.36. The maximum absolute atomic E-state index is 12.3. The summed E-state index contributed by atoms with van der Waals surface area (Å²) in [5, 5.41) is 6.90. The van der Waals surface area contributed by atoms with Crippen molar-refractivity contribution >= 4 is 29.2 Å². The Bertz CT molecular complexity index is 1010. The minimum Gasteiger partial charge on any atom is -0.492 e. The molecule has 12 heteroatoms. The first kappa shape index (κ1) is 26.9. The number of carbonyl (C=O) groups excluding carboxylic acids is 2. The number of nitrogens with zero attached hydrogens (tertiary/aromatic N) is 2. The van der Waals surface area contributed by atoms with Crippen LogP contribution < -0.4 is 25.6 Å². The Labute approximate surface area is 207 Å². The quantitative estimate of drug-likeness (QED) is 0.471. The predicted octanol–water partition coefficient (Wildman–Crippen LogP) is 4.14. The van der Waals surface area contributed by atoms with Gasteiger partial charge in [-0.15, -0.1) is 0 Å². The fraction of sp³-hybridized carbons (Fsp3) is 0.417. The summed E-state index contributed by atoms with van der Waals surface area (Å²) in [6.07, 6.45) is -5.02. The molecule has 0 unspecified atom stereocenters. The molecule has 36 heavy (non-hydrogen) atoms. The van der Waals surface area contributed by atoms with Crippen molar-refractivity contribution in [3.63, 3.8) is 0 Å². The third kappa shape index (κ3) is 8.84. The van der Waals surface area contributed by atoms with Crippen molar-refractivity contribution in [2.75, 3.05) is 68.0 Å². The van der Waals surface area contributed by atoms with Crippen LogP contribution in [0.5, 0.6) is 5.75 Å². The number of halogens is 3. The summed E-state index contributed by atoms with van der Waals surface area (Å²) in [6, 6.07) is 13.2. The largest absolute Gasteiger partial charge is 0.492 e. The molecule has 1 aliphatic rings. The van der Waals surface area contributed by atoms with Crippen molar-refractivity contribution in [2.24, 2.45) is 0 Å². The zero-order valence-electron chi connectivity index (χ0n) is 19.9. The number of piperazine rings is 1. The van der Waals surface area contributed by atoms with E-state index in [9.17, 15) is 22.8 Å². The third-order valence-corrected chi connectivity index (χ3v) is 5.36. The Morgan fingerprint density at radius 1 is 1.00 bits per heavy atom. The number of para-hydroxylation sites is 2. The number of hydrogen-bond acceptors (Lipinski definition) is 6. The summed E-state index contributed by atoms with van der Waals surface area (Å²) >= 11 is 0. The van der Waals surface area contributed by atoms with Crippen molar-refractivity contribution in [1.29, 1.82) is 0 Å². The molecule has 0 atom stereocenters. The molecule has 196 valence electrons. The number of amides is 3. The van der Waals surface area contributed by atoms with E-state index in [1.54, 1.807) is 41.7 Å². The molecule has 0 bridgehead atoms. The van der Waals surface area contributed by atoms with Gasteiger partial charge in [-0.2, -0.15) is 13.2 Å². The SMILES string of the molecule is CCOc1ccccc1NC(=O)OCCN1CCN(c2cccc(NC(=O)NCC(F)(F)F)c2)CC1. The van der Waals surface area contributed by atoms with E-state index in [-0.39, 0.29) is 6.61 Å². The molecule has 0 aliphatic carbocycles. The second kappa shape index (κ2) is 12.9. The molecule has 2 aromatic rings. The van der Waals surface area contributed by atoms with Crippen LogP contribution in [0, 0.1) is 0 Å². The lowest BCUT2D eigenvalue weighted by atomic mass is 10.2. The Kier molecular flexibility index (Phi) is 9.62. The summed E-state index contributed by atoms with van der Waals surface area (Å²) in [7, 11) is 0. The van der Waals surface area contributed by atoms with Gasteiger partial charge in [-0.3, -0.25) is 10.2 Å². The standard InChI is InChI=1S/C24H30F3N5O4/c1-2-35-21-9-4-3-8-20(21)30-23(34)36-15-14-31-10-12-32(13-11-31)19-7-5-6-18(16-19)29-22(33)28-17-24(25,26)27/h3-9,16H,2,10-15,17H2,1H3,(H,30,34)(H2,28,29,33). The molecular weight excluding hydrogens is 479 g/mol. The number of rotatable bonds is 9. The van der Waals surface area contributed by atoms with Crippen LogP contribution in [0.2, 0.25) is 0 Å². The van der Waals surface area contributed by atoms with E-state index in [4.69, 9.17) is 9.47 Å². The normalized spacial score (nSPS) is 14.2. The first-order chi connectivity index (χ1) is 17.2. The first-order valence-electron chi connectivity index (χ1n) is 11.6. The molecule has 1 saturated heterocycles. The van der Waals surface area contributed by atoms with Crippen LogP contribution in [0.3, 0.4) is 0 Å². The van der Waals surface area contributed by atoms with Crippen LogP contribution in [0.15, 0.2) is 48.5 Å². The molecule has 1 heterocycles. The zero-order valence-corrected chi connectivity index (χ0v) is 19.9. The van der Waals surface area contributed by atoms with Crippen molar-refractivity contribution in [3.05, 3.63) is 48.5 Å². The molecule has 1 fully saturated rings. The van der Waals surface area contributed by atoms with E-state index in [2.05, 4.69) is 20.4 Å². The second-order valence-corrected chi connectivity index (χ2v) is 7.99. The summed E-state index contributed by atoms with van der Waals surface area (Å²) in [6.45, 7) is 4.65. The topological polar surface area (TPSA) is 95.2 Å². The Morgan fingerprint density at radius 2 is 1.75 bits per heavy atom. The van der Waals surface area contributed by atoms with Crippen molar-refractivity contribution in [3.8, 4) is 5.75 Å². The number of benzene rings is 2. The highest BCUT2D eigenvalue weighted by Crippen LogP contribution is 2.24. The van der Waals surface area contributed by atoms with Gasteiger partial charge in [-0.1, -0.05) is 18.2 Å². The van der Waals surface area contributed by atoms with E-state index in [1.165, 1.54) is 0 Å². The van der Waals surface area contributed by atoms with Crippen LogP contribution >= 0.6 is 0 Å². The Hall–Kier alpha value is -3.67. The molecule has 2 aromatic carbocycles. The van der Waals surface area contributed by atoms with Crippen LogP contribution in [0.1, 0.15) is 6.92 Å². The number of alkyl halides is 3. The van der Waals surface area contributed by atoms with Gasteiger partial charge in [-0.05, 0) is 37.3 Å². The molecule has 1 aliphatic heterocycles. The smallest absolute Gasteiger partial charge is 0.411 e. The first-order valence-corrected chi connectivity index (χ1v) is 11.6. The highest BCUT2D eigenvalue weighted by Gasteiger charge is 2.27. The number of hydrogen-bond donors (Lipinski definition) is 3. The van der Waals surface area contributed by atoms with Gasteiger partial charge in [0.1, 0.15) is 18.9 Å². The monoisotopic (exact) mass is 509 g/mol. The molecular formula is C24H30F3N5O4. The predicted molar refractivity (Wildman–Crippen MR) is 131 cm³/mol. The van der Waals surface area contributed by atoms with Gasteiger partial charge in [0.15, 0.2) is 0 Å². The molecule has 0 aromatic heterocycles. The number of anilines is 3. The van der Waals surface area contributed by atoms with Gasteiger partial charge in [0, 0.05) is 44.1 Å². The van der Waals surface area contributed by atoms with Crippen LogP contribution in [0.25, 0.3) is 0 Å². The van der Waals surface area contributed by atoms with Gasteiger partial charge in [0.25, 0.3) is 0 Å². The van der Waals surface area contributed by atoms with Gasteiger partial charge in [0.05, 0.1) is 12.3 Å². The average molecular weight is 510 g/mol. The fourth-order valence-corrected chi connectivity index (χ4v) is 3.63. The fourth-order valence-electron chi connectivity index (χ4n) is 3.63. The number of urea groups is 1. The van der Waals surface area contributed by atoms with E-state index in [0.717, 1.165) is 18.8 Å². The number of nitrogens with one attached hydrogen (secondary N) is 3. The molecule has 3 amide bonds. The third-order valence-electron chi connectivity index (χ3n) is 5.36. The van der Waals surface area contributed by atoms with Gasteiger partial charge < -0.3 is 25.0 Å². The molecule has 0 radical (unpaired) electrons. The molecule has 0 spiro atoms. The van der Waals surface area contributed by atoms with E-state index in [0.29, 0.717) is 43.4 Å². The summed E-state index contributed by atoms with van der Waals surface area (Å²) in [5.41, 5.74) is 1.80. The second-order valence-electron chi connectivity index (χ2n) is 7.99. The van der Waals surface area contributed by atoms with Crippen molar-refractivity contribution in [1.82, 2.24) is 10.2 Å². The van der Waals surface area contributed by atoms with Crippen LogP contribution in [0.4, 0.5) is 39.8 Å². The molecule has 9 nitrogen and oxygen atoms in total. The lowest BCUT2D eigenvalue weighted by Crippen LogP contribution is -2.47. The van der Waals surface area contributed by atoms with Crippen molar-refractivity contribution < 1.29 is 32.2 Å². The average Bonchev–Trinajstić information content (AvgIpc) is 2.84. The highest BCUT2D eigenvalue weighted by atomic mass is 19.4. The maximum atomic E-state index is 12.3. The summed E-state index contributed by atoms with van der Waals surface area (Å²) < 4.78 is 47.6. The summed E-state index contributed by atoms with van der Waals surface area (Å²) in [5.74, 6) is 0.578. The maximum Gasteiger partial charge on any atom is 0.411 e. The van der Waals surface area contributed by atoms with E-state index >= 15 is 0 Å². The lowest BCUT2D eigenvalue weighted by molar-refractivity contribution is -0.122. The van der Waals surface area contributed by atoms with Gasteiger partial charge in [0.2, 0.25) is 0 Å². The number of carbonyl (C=O) groups is 2. The van der Waals surface area contributed by atoms with E-state index < -0.39 is 24.8 Å². The van der Waals surface area contributed by atoms with Crippen LogP contribution in [-0.4, -0.2) is 75.7 Å². The van der Waals surface area contributed by atoms with Crippen LogP contribution in [-0.2, 0) is 4.74 Å². The summed E-state index contributed by atoms with van der Waals surface area (Å²) in [4.78, 5) is 28.1. The zero-order chi connectivity index (χ0) is 26.0. The minimum absolute atomic E-state index is 0.231. The van der Waals surface area contributed by atoms with E-state index in [1.807, 2.05) is 19.1 Å². The van der Waals surface area contributed by atoms with Crippen molar-refractivity contribution in [2.45, 2.75) is 13.1 Å². The molecule has 3 N–H and O–H groups in total. The Morgan fingerprint density at radius 3 is 2.47 bits per heavy atom.